The first kappa shape index (κ1) is 24.1. The van der Waals surface area contributed by atoms with Crippen molar-refractivity contribution in [3.8, 4) is 17.2 Å². The van der Waals surface area contributed by atoms with Crippen molar-refractivity contribution in [1.82, 2.24) is 9.99 Å². The Morgan fingerprint density at radius 2 is 1.73 bits per heavy atom. The molecule has 3 aromatic rings. The molecule has 0 aliphatic heterocycles. The van der Waals surface area contributed by atoms with E-state index >= 15 is 0 Å². The molecule has 2 aromatic carbocycles. The fourth-order valence-corrected chi connectivity index (χ4v) is 4.19. The van der Waals surface area contributed by atoms with Gasteiger partial charge < -0.3 is 14.2 Å². The minimum atomic E-state index is -0.486. The molecule has 0 unspecified atom stereocenters. The summed E-state index contributed by atoms with van der Waals surface area (Å²) in [4.78, 5) is 30.4. The summed E-state index contributed by atoms with van der Waals surface area (Å²) in [5.74, 6) is 0.436. The number of amides is 2. The van der Waals surface area contributed by atoms with Gasteiger partial charge in [0.2, 0.25) is 11.7 Å². The predicted octanol–water partition coefficient (Wildman–Crippen LogP) is 4.07. The maximum Gasteiger partial charge on any atom is 0.260 e. The van der Waals surface area contributed by atoms with Crippen molar-refractivity contribution in [2.45, 2.75) is 18.7 Å². The van der Waals surface area contributed by atoms with Gasteiger partial charge in [0.1, 0.15) is 0 Å². The summed E-state index contributed by atoms with van der Waals surface area (Å²) in [5, 5.41) is 5.93. The number of methoxy groups -OCH3 is 3. The number of benzene rings is 2. The number of carbonyl (C=O) groups is 2. The molecular weight excluding hydrogens is 442 g/mol. The first-order chi connectivity index (χ1) is 15.9. The van der Waals surface area contributed by atoms with E-state index in [2.05, 4.69) is 10.1 Å². The lowest BCUT2D eigenvalue weighted by Gasteiger charge is -2.15. The molecule has 33 heavy (non-hydrogen) atoms. The van der Waals surface area contributed by atoms with E-state index in [1.54, 1.807) is 12.1 Å². The Labute approximate surface area is 196 Å². The molecule has 0 spiro atoms. The van der Waals surface area contributed by atoms with Crippen molar-refractivity contribution in [3.63, 3.8) is 0 Å². The summed E-state index contributed by atoms with van der Waals surface area (Å²) < 4.78 is 16.0. The Kier molecular flexibility index (Phi) is 7.89. The van der Waals surface area contributed by atoms with Crippen LogP contribution in [0.5, 0.6) is 17.2 Å². The topological polar surface area (TPSA) is 90.3 Å². The van der Waals surface area contributed by atoms with E-state index in [4.69, 9.17) is 14.2 Å². The highest BCUT2D eigenvalue weighted by Gasteiger charge is 2.19. The van der Waals surface area contributed by atoms with Crippen molar-refractivity contribution < 1.29 is 23.8 Å². The van der Waals surface area contributed by atoms with Gasteiger partial charge in [-0.2, -0.15) is 10.1 Å². The monoisotopic (exact) mass is 467 g/mol. The summed E-state index contributed by atoms with van der Waals surface area (Å²) in [6.45, 7) is 3.20. The van der Waals surface area contributed by atoms with Crippen LogP contribution in [0, 0.1) is 6.92 Å². The Morgan fingerprint density at radius 3 is 2.33 bits per heavy atom. The number of rotatable bonds is 8. The minimum Gasteiger partial charge on any atom is -0.493 e. The smallest absolute Gasteiger partial charge is 0.260 e. The van der Waals surface area contributed by atoms with E-state index < -0.39 is 11.8 Å². The Morgan fingerprint density at radius 1 is 1.06 bits per heavy atom. The van der Waals surface area contributed by atoms with Gasteiger partial charge in [-0.1, -0.05) is 18.2 Å². The number of hydrogen-bond acceptors (Lipinski definition) is 8. The number of imide groups is 1. The molecule has 2 amide bonds. The first-order valence-corrected chi connectivity index (χ1v) is 11.0. The van der Waals surface area contributed by atoms with E-state index in [-0.39, 0.29) is 5.75 Å². The molecule has 0 aliphatic rings. The van der Waals surface area contributed by atoms with Gasteiger partial charge >= 0.3 is 0 Å². The van der Waals surface area contributed by atoms with Gasteiger partial charge in [0.05, 0.1) is 38.8 Å². The van der Waals surface area contributed by atoms with Crippen LogP contribution in [-0.2, 0) is 9.59 Å². The molecule has 0 fully saturated rings. The zero-order valence-electron chi connectivity index (χ0n) is 19.1. The number of ether oxygens (including phenoxy) is 3. The van der Waals surface area contributed by atoms with E-state index in [0.29, 0.717) is 22.8 Å². The number of hydrogen-bond donors (Lipinski definition) is 0. The summed E-state index contributed by atoms with van der Waals surface area (Å²) in [5.41, 5.74) is 2.29. The van der Waals surface area contributed by atoms with Crippen LogP contribution in [0.15, 0.2) is 52.5 Å². The van der Waals surface area contributed by atoms with Crippen LogP contribution >= 0.6 is 11.8 Å². The number of aromatic nitrogens is 1. The molecule has 172 valence electrons. The zero-order valence-corrected chi connectivity index (χ0v) is 19.9. The minimum absolute atomic E-state index is 0.0413. The lowest BCUT2D eigenvalue weighted by molar-refractivity contribution is -0.141. The van der Waals surface area contributed by atoms with Crippen molar-refractivity contribution in [3.05, 3.63) is 53.7 Å². The standard InChI is InChI=1S/C24H25N3O5S/c1-15-10-22(18-8-6-7-9-19(18)26-15)33-14-23(29)27(16(2)28)25-13-17-11-20(30-3)24(32-5)21(12-17)31-4/h6-13H,14H2,1-5H3/b25-13+. The average molecular weight is 468 g/mol. The molecular formula is C24H25N3O5S. The average Bonchev–Trinajstić information content (AvgIpc) is 2.81. The number of fused-ring (bicyclic) bond motifs is 1. The first-order valence-electron chi connectivity index (χ1n) is 10.0. The van der Waals surface area contributed by atoms with E-state index in [9.17, 15) is 9.59 Å². The Balaban J connectivity index is 1.81. The molecule has 1 aromatic heterocycles. The summed E-state index contributed by atoms with van der Waals surface area (Å²) in [6, 6.07) is 13.0. The third-order valence-electron chi connectivity index (χ3n) is 4.70. The second-order valence-corrected chi connectivity index (χ2v) is 8.01. The summed E-state index contributed by atoms with van der Waals surface area (Å²) >= 11 is 1.34. The summed E-state index contributed by atoms with van der Waals surface area (Å²) in [6.07, 6.45) is 1.40. The highest BCUT2D eigenvalue weighted by molar-refractivity contribution is 8.00. The molecule has 0 N–H and O–H groups in total. The molecule has 1 heterocycles. The number of aryl methyl sites for hydroxylation is 1. The van der Waals surface area contributed by atoms with Crippen LogP contribution in [0.4, 0.5) is 0 Å². The van der Waals surface area contributed by atoms with Gasteiger partial charge in [0.15, 0.2) is 11.5 Å². The number of para-hydroxylation sites is 1. The number of carbonyl (C=O) groups excluding carboxylic acids is 2. The molecule has 0 radical (unpaired) electrons. The molecule has 0 bridgehead atoms. The van der Waals surface area contributed by atoms with Crippen LogP contribution in [0.3, 0.4) is 0 Å². The normalized spacial score (nSPS) is 10.9. The highest BCUT2D eigenvalue weighted by atomic mass is 32.2. The molecule has 0 aliphatic carbocycles. The second kappa shape index (κ2) is 10.8. The van der Waals surface area contributed by atoms with E-state index in [1.165, 1.54) is 46.2 Å². The molecule has 0 atom stereocenters. The third kappa shape index (κ3) is 5.61. The Bertz CT molecular complexity index is 1190. The fraction of sp³-hybridized carbons (Fsp3) is 0.250. The molecule has 3 rings (SSSR count). The number of nitrogens with zero attached hydrogens (tertiary/aromatic N) is 3. The maximum atomic E-state index is 12.8. The fourth-order valence-electron chi connectivity index (χ4n) is 3.21. The van der Waals surface area contributed by atoms with Gasteiger partial charge in [-0.25, -0.2) is 0 Å². The van der Waals surface area contributed by atoms with Gasteiger partial charge in [-0.05, 0) is 31.2 Å². The van der Waals surface area contributed by atoms with Gasteiger partial charge in [-0.15, -0.1) is 11.8 Å². The second-order valence-electron chi connectivity index (χ2n) is 7.00. The number of hydrazone groups is 1. The lowest BCUT2D eigenvalue weighted by Crippen LogP contribution is -2.31. The number of pyridine rings is 1. The zero-order chi connectivity index (χ0) is 24.0. The van der Waals surface area contributed by atoms with Crippen LogP contribution in [-0.4, -0.2) is 55.1 Å². The molecule has 0 saturated heterocycles. The molecule has 9 heteroatoms. The van der Waals surface area contributed by atoms with Crippen LogP contribution in [0.1, 0.15) is 18.2 Å². The van der Waals surface area contributed by atoms with Crippen LogP contribution < -0.4 is 14.2 Å². The largest absolute Gasteiger partial charge is 0.493 e. The molecule has 8 nitrogen and oxygen atoms in total. The van der Waals surface area contributed by atoms with Gasteiger partial charge in [0, 0.05) is 28.5 Å². The highest BCUT2D eigenvalue weighted by Crippen LogP contribution is 2.37. The summed E-state index contributed by atoms with van der Waals surface area (Å²) in [7, 11) is 4.52. The Hall–Kier alpha value is -3.59. The van der Waals surface area contributed by atoms with Crippen LogP contribution in [0.25, 0.3) is 10.9 Å². The van der Waals surface area contributed by atoms with Gasteiger partial charge in [-0.3, -0.25) is 14.6 Å². The van der Waals surface area contributed by atoms with Crippen molar-refractivity contribution in [2.75, 3.05) is 27.1 Å². The van der Waals surface area contributed by atoms with E-state index in [0.717, 1.165) is 26.5 Å². The maximum absolute atomic E-state index is 12.8. The third-order valence-corrected chi connectivity index (χ3v) is 5.74. The van der Waals surface area contributed by atoms with Crippen molar-refractivity contribution in [2.24, 2.45) is 5.10 Å². The van der Waals surface area contributed by atoms with Crippen molar-refractivity contribution in [1.29, 1.82) is 0 Å². The number of thioether (sulfide) groups is 1. The van der Waals surface area contributed by atoms with Gasteiger partial charge in [0.25, 0.3) is 5.91 Å². The molecule has 0 saturated carbocycles. The van der Waals surface area contributed by atoms with E-state index in [1.807, 2.05) is 37.3 Å². The van der Waals surface area contributed by atoms with Crippen LogP contribution in [0.2, 0.25) is 0 Å². The quantitative estimate of drug-likeness (QED) is 0.280. The van der Waals surface area contributed by atoms with Crippen molar-refractivity contribution >= 4 is 40.7 Å². The predicted molar refractivity (Wildman–Crippen MR) is 128 cm³/mol. The SMILES string of the molecule is COc1cc(/C=N/N(C(C)=O)C(=O)CSc2cc(C)nc3ccccc23)cc(OC)c1OC. The lowest BCUT2D eigenvalue weighted by atomic mass is 10.2.